The van der Waals surface area contributed by atoms with Crippen molar-refractivity contribution in [1.29, 1.82) is 0 Å². The molecular formula is C17H19N7. The molecule has 0 unspecified atom stereocenters. The zero-order chi connectivity index (χ0) is 16.4. The Morgan fingerprint density at radius 3 is 2.58 bits per heavy atom. The van der Waals surface area contributed by atoms with Gasteiger partial charge in [-0.25, -0.2) is 4.98 Å². The zero-order valence-corrected chi connectivity index (χ0v) is 13.4. The first-order chi connectivity index (χ1) is 11.8. The molecule has 4 N–H and O–H groups in total. The van der Waals surface area contributed by atoms with Crippen LogP contribution in [0.1, 0.15) is 24.5 Å². The molecule has 1 aliphatic rings. The van der Waals surface area contributed by atoms with E-state index in [0.29, 0.717) is 17.7 Å². The number of aromatic nitrogens is 4. The Hall–Kier alpha value is -3.09. The van der Waals surface area contributed by atoms with E-state index in [9.17, 15) is 0 Å². The molecule has 0 bridgehead atoms. The average Bonchev–Trinajstić information content (AvgIpc) is 3.36. The topological polar surface area (TPSA) is 90.5 Å². The largest absolute Gasteiger partial charge is 0.388 e. The van der Waals surface area contributed by atoms with Crippen LogP contribution in [0.5, 0.6) is 0 Å². The Labute approximate surface area is 139 Å². The van der Waals surface area contributed by atoms with Crippen LogP contribution in [0, 0.1) is 0 Å². The monoisotopic (exact) mass is 321 g/mol. The van der Waals surface area contributed by atoms with E-state index < -0.39 is 0 Å². The molecule has 1 saturated carbocycles. The Kier molecular flexibility index (Phi) is 3.74. The number of nitrogens with zero attached hydrogens (tertiary/aromatic N) is 3. The quantitative estimate of drug-likeness (QED) is 0.554. The molecule has 0 saturated heterocycles. The highest BCUT2D eigenvalue weighted by Crippen LogP contribution is 2.39. The molecule has 2 heterocycles. The van der Waals surface area contributed by atoms with Gasteiger partial charge in [-0.1, -0.05) is 0 Å². The molecule has 7 heteroatoms. The predicted molar refractivity (Wildman–Crippen MR) is 95.1 cm³/mol. The normalized spacial score (nSPS) is 13.5. The van der Waals surface area contributed by atoms with Gasteiger partial charge in [0.1, 0.15) is 11.6 Å². The van der Waals surface area contributed by atoms with E-state index in [4.69, 9.17) is 0 Å². The highest BCUT2D eigenvalue weighted by molar-refractivity contribution is 5.60. The van der Waals surface area contributed by atoms with Crippen LogP contribution in [0.3, 0.4) is 0 Å². The summed E-state index contributed by atoms with van der Waals surface area (Å²) in [5, 5.41) is 16.9. The molecule has 0 atom stereocenters. The van der Waals surface area contributed by atoms with Crippen LogP contribution in [-0.2, 0) is 0 Å². The molecular weight excluding hydrogens is 302 g/mol. The van der Waals surface area contributed by atoms with E-state index in [2.05, 4.69) is 36.1 Å². The molecule has 24 heavy (non-hydrogen) atoms. The van der Waals surface area contributed by atoms with Crippen molar-refractivity contribution < 1.29 is 0 Å². The Morgan fingerprint density at radius 1 is 1.04 bits per heavy atom. The first-order valence-corrected chi connectivity index (χ1v) is 8.00. The number of rotatable bonds is 6. The van der Waals surface area contributed by atoms with Crippen LogP contribution < -0.4 is 16.0 Å². The molecule has 122 valence electrons. The predicted octanol–water partition coefficient (Wildman–Crippen LogP) is 3.61. The van der Waals surface area contributed by atoms with Crippen LogP contribution in [0.15, 0.2) is 42.6 Å². The maximum absolute atomic E-state index is 4.48. The molecule has 7 nitrogen and oxygen atoms in total. The maximum atomic E-state index is 4.48. The van der Waals surface area contributed by atoms with E-state index >= 15 is 0 Å². The van der Waals surface area contributed by atoms with Crippen LogP contribution in [0.2, 0.25) is 0 Å². The summed E-state index contributed by atoms with van der Waals surface area (Å²) in [7, 11) is 1.89. The smallest absolute Gasteiger partial charge is 0.229 e. The van der Waals surface area contributed by atoms with Crippen molar-refractivity contribution in [3.8, 4) is 0 Å². The lowest BCUT2D eigenvalue weighted by Crippen LogP contribution is -2.00. The lowest BCUT2D eigenvalue weighted by molar-refractivity contribution is 0.966. The van der Waals surface area contributed by atoms with Gasteiger partial charge in [0, 0.05) is 36.6 Å². The van der Waals surface area contributed by atoms with Gasteiger partial charge in [0.2, 0.25) is 5.95 Å². The van der Waals surface area contributed by atoms with Gasteiger partial charge in [-0.3, -0.25) is 5.10 Å². The van der Waals surface area contributed by atoms with Crippen LogP contribution in [0.25, 0.3) is 0 Å². The molecule has 2 aromatic heterocycles. The van der Waals surface area contributed by atoms with Gasteiger partial charge in [-0.15, -0.1) is 0 Å². The van der Waals surface area contributed by atoms with Crippen molar-refractivity contribution in [2.45, 2.75) is 18.8 Å². The summed E-state index contributed by atoms with van der Waals surface area (Å²) in [5.41, 5.74) is 3.11. The number of H-pyrrole nitrogens is 1. The van der Waals surface area contributed by atoms with Crippen molar-refractivity contribution >= 4 is 29.0 Å². The summed E-state index contributed by atoms with van der Waals surface area (Å²) in [4.78, 5) is 8.74. The highest BCUT2D eigenvalue weighted by atomic mass is 15.2. The van der Waals surface area contributed by atoms with Gasteiger partial charge in [-0.2, -0.15) is 10.1 Å². The Morgan fingerprint density at radius 2 is 1.83 bits per heavy atom. The van der Waals surface area contributed by atoms with Crippen LogP contribution >= 0.6 is 0 Å². The summed E-state index contributed by atoms with van der Waals surface area (Å²) in [6.45, 7) is 0. The average molecular weight is 321 g/mol. The highest BCUT2D eigenvalue weighted by Gasteiger charge is 2.26. The minimum atomic E-state index is 0.541. The number of hydrogen-bond donors (Lipinski definition) is 4. The molecule has 0 aliphatic heterocycles. The van der Waals surface area contributed by atoms with Crippen molar-refractivity contribution in [3.63, 3.8) is 0 Å². The molecule has 3 aromatic rings. The number of anilines is 5. The number of benzene rings is 1. The zero-order valence-electron chi connectivity index (χ0n) is 13.4. The fourth-order valence-corrected chi connectivity index (χ4v) is 2.47. The van der Waals surface area contributed by atoms with E-state index in [1.807, 2.05) is 43.4 Å². The van der Waals surface area contributed by atoms with E-state index in [1.165, 1.54) is 12.8 Å². The van der Waals surface area contributed by atoms with Crippen LogP contribution in [-0.4, -0.2) is 27.2 Å². The minimum Gasteiger partial charge on any atom is -0.388 e. The van der Waals surface area contributed by atoms with Gasteiger partial charge in [0.15, 0.2) is 0 Å². The number of aromatic amines is 1. The van der Waals surface area contributed by atoms with Crippen molar-refractivity contribution in [3.05, 3.63) is 48.3 Å². The maximum Gasteiger partial charge on any atom is 0.229 e. The summed E-state index contributed by atoms with van der Waals surface area (Å²) < 4.78 is 0. The summed E-state index contributed by atoms with van der Waals surface area (Å²) >= 11 is 0. The van der Waals surface area contributed by atoms with Crippen molar-refractivity contribution in [2.75, 3.05) is 23.0 Å². The molecule has 0 amide bonds. The SMILES string of the molecule is CNc1ccc(Nc2nccc(Nc3cc(C4CC4)n[nH]3)n2)cc1. The lowest BCUT2D eigenvalue weighted by atomic mass is 10.3. The fourth-order valence-electron chi connectivity index (χ4n) is 2.47. The summed E-state index contributed by atoms with van der Waals surface area (Å²) in [5.74, 6) is 2.73. The summed E-state index contributed by atoms with van der Waals surface area (Å²) in [6, 6.07) is 11.8. The Balaban J connectivity index is 1.45. The first kappa shape index (κ1) is 14.5. The molecule has 1 fully saturated rings. The van der Waals surface area contributed by atoms with Gasteiger partial charge >= 0.3 is 0 Å². The van der Waals surface area contributed by atoms with Crippen LogP contribution in [0.4, 0.5) is 29.0 Å². The first-order valence-electron chi connectivity index (χ1n) is 8.00. The molecule has 1 aliphatic carbocycles. The third kappa shape index (κ3) is 3.29. The van der Waals surface area contributed by atoms with Crippen molar-refractivity contribution in [2.24, 2.45) is 0 Å². The molecule has 0 radical (unpaired) electrons. The van der Waals surface area contributed by atoms with E-state index in [1.54, 1.807) is 6.20 Å². The lowest BCUT2D eigenvalue weighted by Gasteiger charge is -2.08. The standard InChI is InChI=1S/C17H19N7/c1-18-12-4-6-13(7-5-12)20-17-19-9-8-15(22-17)21-16-10-14(23-24-16)11-2-3-11/h4-11,18H,2-3H2,1H3,(H3,19,20,21,22,23,24). The number of hydrogen-bond acceptors (Lipinski definition) is 6. The minimum absolute atomic E-state index is 0.541. The fraction of sp³-hybridized carbons (Fsp3) is 0.235. The van der Waals surface area contributed by atoms with E-state index in [-0.39, 0.29) is 0 Å². The summed E-state index contributed by atoms with van der Waals surface area (Å²) in [6.07, 6.45) is 4.19. The molecule has 4 rings (SSSR count). The van der Waals surface area contributed by atoms with Crippen molar-refractivity contribution in [1.82, 2.24) is 20.2 Å². The van der Waals surface area contributed by atoms with Gasteiger partial charge in [-0.05, 0) is 43.2 Å². The second-order valence-electron chi connectivity index (χ2n) is 5.82. The van der Waals surface area contributed by atoms with Gasteiger partial charge < -0.3 is 16.0 Å². The second kappa shape index (κ2) is 6.19. The Bertz CT molecular complexity index is 821. The van der Waals surface area contributed by atoms with Gasteiger partial charge in [0.05, 0.1) is 5.69 Å². The third-order valence-corrected chi connectivity index (χ3v) is 3.94. The second-order valence-corrected chi connectivity index (χ2v) is 5.82. The van der Waals surface area contributed by atoms with E-state index in [0.717, 1.165) is 22.9 Å². The molecule has 1 aromatic carbocycles. The number of nitrogens with one attached hydrogen (secondary N) is 4. The molecule has 0 spiro atoms. The van der Waals surface area contributed by atoms with Gasteiger partial charge in [0.25, 0.3) is 0 Å². The third-order valence-electron chi connectivity index (χ3n) is 3.94.